The van der Waals surface area contributed by atoms with Crippen LogP contribution in [0.2, 0.25) is 0 Å². The van der Waals surface area contributed by atoms with Crippen molar-refractivity contribution in [3.8, 4) is 0 Å². The Morgan fingerprint density at radius 2 is 1.95 bits per heavy atom. The lowest BCUT2D eigenvalue weighted by molar-refractivity contribution is 0.0740. The lowest BCUT2D eigenvalue weighted by atomic mass is 10.1. The van der Waals surface area contributed by atoms with E-state index in [2.05, 4.69) is 54.5 Å². The summed E-state index contributed by atoms with van der Waals surface area (Å²) in [6.07, 6.45) is 2.29. The molecule has 1 saturated heterocycles. The van der Waals surface area contributed by atoms with Gasteiger partial charge in [-0.1, -0.05) is 30.3 Å². The van der Waals surface area contributed by atoms with Crippen molar-refractivity contribution in [1.82, 2.24) is 10.2 Å². The number of nitrogens with one attached hydrogen (secondary N) is 1. The molecule has 1 aliphatic heterocycles. The highest BCUT2D eigenvalue weighted by Crippen LogP contribution is 2.08. The molecule has 0 radical (unpaired) electrons. The molecule has 1 heterocycles. The monoisotopic (exact) mass is 262 g/mol. The van der Waals surface area contributed by atoms with E-state index in [0.29, 0.717) is 12.1 Å². The molecule has 3 nitrogen and oxygen atoms in total. The summed E-state index contributed by atoms with van der Waals surface area (Å²) < 4.78 is 5.39. The molecule has 1 atom stereocenters. The van der Waals surface area contributed by atoms with Gasteiger partial charge < -0.3 is 15.0 Å². The highest BCUT2D eigenvalue weighted by Gasteiger charge is 2.16. The van der Waals surface area contributed by atoms with E-state index in [0.717, 1.165) is 39.1 Å². The van der Waals surface area contributed by atoms with Gasteiger partial charge in [0.15, 0.2) is 0 Å². The van der Waals surface area contributed by atoms with Crippen LogP contribution >= 0.6 is 0 Å². The van der Waals surface area contributed by atoms with E-state index < -0.39 is 0 Å². The van der Waals surface area contributed by atoms with Crippen molar-refractivity contribution >= 4 is 0 Å². The van der Waals surface area contributed by atoms with Crippen LogP contribution in [0.5, 0.6) is 0 Å². The lowest BCUT2D eigenvalue weighted by Crippen LogP contribution is -2.45. The fourth-order valence-corrected chi connectivity index (χ4v) is 2.75. The zero-order valence-corrected chi connectivity index (χ0v) is 12.1. The van der Waals surface area contributed by atoms with Gasteiger partial charge in [-0.2, -0.15) is 0 Å². The van der Waals surface area contributed by atoms with Crippen LogP contribution < -0.4 is 5.32 Å². The van der Waals surface area contributed by atoms with Gasteiger partial charge >= 0.3 is 0 Å². The largest absolute Gasteiger partial charge is 0.381 e. The fourth-order valence-electron chi connectivity index (χ4n) is 2.75. The number of likely N-dealkylation sites (N-methyl/N-ethyl adjacent to an activating group) is 1. The maximum absolute atomic E-state index is 5.39. The van der Waals surface area contributed by atoms with Crippen molar-refractivity contribution in [1.29, 1.82) is 0 Å². The molecule has 0 spiro atoms. The first-order valence-corrected chi connectivity index (χ1v) is 7.30. The molecule has 0 amide bonds. The van der Waals surface area contributed by atoms with E-state index in [4.69, 9.17) is 4.74 Å². The van der Waals surface area contributed by atoms with E-state index in [1.165, 1.54) is 5.56 Å². The quantitative estimate of drug-likeness (QED) is 0.851. The highest BCUT2D eigenvalue weighted by molar-refractivity contribution is 5.14. The minimum Gasteiger partial charge on any atom is -0.381 e. The fraction of sp³-hybridized carbons (Fsp3) is 0.625. The summed E-state index contributed by atoms with van der Waals surface area (Å²) in [6.45, 7) is 6.18. The highest BCUT2D eigenvalue weighted by atomic mass is 16.5. The molecule has 1 aromatic rings. The van der Waals surface area contributed by atoms with E-state index in [1.807, 2.05) is 0 Å². The minimum absolute atomic E-state index is 0.525. The normalized spacial score (nSPS) is 18.7. The molecule has 106 valence electrons. The van der Waals surface area contributed by atoms with Crippen molar-refractivity contribution in [3.63, 3.8) is 0 Å². The van der Waals surface area contributed by atoms with Crippen LogP contribution in [0.3, 0.4) is 0 Å². The maximum Gasteiger partial charge on any atom is 0.0480 e. The second kappa shape index (κ2) is 7.63. The minimum atomic E-state index is 0.525. The van der Waals surface area contributed by atoms with Gasteiger partial charge in [0.25, 0.3) is 0 Å². The van der Waals surface area contributed by atoms with Crippen molar-refractivity contribution in [2.75, 3.05) is 26.8 Å². The number of ether oxygens (including phenoxy) is 1. The van der Waals surface area contributed by atoms with Crippen molar-refractivity contribution < 1.29 is 4.74 Å². The molecule has 1 N–H and O–H groups in total. The van der Waals surface area contributed by atoms with Gasteiger partial charge in [-0.15, -0.1) is 0 Å². The molecule has 3 heteroatoms. The van der Waals surface area contributed by atoms with Gasteiger partial charge in [0.2, 0.25) is 0 Å². The Morgan fingerprint density at radius 1 is 1.26 bits per heavy atom. The molecule has 1 unspecified atom stereocenters. The molecule has 0 bridgehead atoms. The molecular formula is C16H26N2O. The lowest BCUT2D eigenvalue weighted by Gasteiger charge is -2.29. The third-order valence-electron chi connectivity index (χ3n) is 3.62. The van der Waals surface area contributed by atoms with Gasteiger partial charge in [-0.05, 0) is 32.4 Å². The average Bonchev–Trinajstić information content (AvgIpc) is 2.40. The first kappa shape index (κ1) is 14.5. The number of hydrogen-bond donors (Lipinski definition) is 1. The second-order valence-corrected chi connectivity index (χ2v) is 5.64. The van der Waals surface area contributed by atoms with Crippen LogP contribution in [0.25, 0.3) is 0 Å². The van der Waals surface area contributed by atoms with Crippen molar-refractivity contribution in [3.05, 3.63) is 35.9 Å². The Hall–Kier alpha value is -0.900. The molecule has 1 aliphatic rings. The van der Waals surface area contributed by atoms with Gasteiger partial charge in [-0.25, -0.2) is 0 Å². The Bertz CT molecular complexity index is 349. The first-order chi connectivity index (χ1) is 9.24. The number of hydrogen-bond acceptors (Lipinski definition) is 3. The van der Waals surface area contributed by atoms with Crippen LogP contribution in [0.1, 0.15) is 25.3 Å². The SMILES string of the molecule is CC(CN(C)Cc1ccccc1)NC1CCOCC1. The molecule has 0 aliphatic carbocycles. The summed E-state index contributed by atoms with van der Waals surface area (Å²) in [5.74, 6) is 0. The summed E-state index contributed by atoms with van der Waals surface area (Å²) in [5, 5.41) is 3.71. The standard InChI is InChI=1S/C16H26N2O/c1-14(17-16-8-10-19-11-9-16)12-18(2)13-15-6-4-3-5-7-15/h3-7,14,16-17H,8-13H2,1-2H3. The van der Waals surface area contributed by atoms with Gasteiger partial charge in [0.05, 0.1) is 0 Å². The van der Waals surface area contributed by atoms with E-state index in [-0.39, 0.29) is 0 Å². The topological polar surface area (TPSA) is 24.5 Å². The summed E-state index contributed by atoms with van der Waals surface area (Å²) in [4.78, 5) is 2.38. The molecule has 2 rings (SSSR count). The molecule has 0 aromatic heterocycles. The van der Waals surface area contributed by atoms with Crippen LogP contribution in [0, 0.1) is 0 Å². The van der Waals surface area contributed by atoms with Gasteiger partial charge in [0.1, 0.15) is 0 Å². The Kier molecular flexibility index (Phi) is 5.83. The predicted molar refractivity (Wildman–Crippen MR) is 79.2 cm³/mol. The molecule has 0 saturated carbocycles. The van der Waals surface area contributed by atoms with Crippen LogP contribution in [0.4, 0.5) is 0 Å². The van der Waals surface area contributed by atoms with Crippen LogP contribution in [0.15, 0.2) is 30.3 Å². The summed E-state index contributed by atoms with van der Waals surface area (Å²) in [5.41, 5.74) is 1.38. The zero-order valence-electron chi connectivity index (χ0n) is 12.1. The maximum atomic E-state index is 5.39. The average molecular weight is 262 g/mol. The smallest absolute Gasteiger partial charge is 0.0480 e. The first-order valence-electron chi connectivity index (χ1n) is 7.30. The molecular weight excluding hydrogens is 236 g/mol. The molecule has 1 fully saturated rings. The Balaban J connectivity index is 1.70. The number of benzene rings is 1. The second-order valence-electron chi connectivity index (χ2n) is 5.64. The Labute approximate surface area is 116 Å². The predicted octanol–water partition coefficient (Wildman–Crippen LogP) is 2.28. The van der Waals surface area contributed by atoms with Crippen LogP contribution in [-0.2, 0) is 11.3 Å². The summed E-state index contributed by atoms with van der Waals surface area (Å²) >= 11 is 0. The molecule has 19 heavy (non-hydrogen) atoms. The van der Waals surface area contributed by atoms with E-state index >= 15 is 0 Å². The number of rotatable bonds is 6. The van der Waals surface area contributed by atoms with Crippen LogP contribution in [-0.4, -0.2) is 43.8 Å². The third kappa shape index (κ3) is 5.31. The van der Waals surface area contributed by atoms with Crippen molar-refractivity contribution in [2.45, 2.75) is 38.4 Å². The van der Waals surface area contributed by atoms with Crippen molar-refractivity contribution in [2.24, 2.45) is 0 Å². The Morgan fingerprint density at radius 3 is 2.63 bits per heavy atom. The van der Waals surface area contributed by atoms with E-state index in [1.54, 1.807) is 0 Å². The third-order valence-corrected chi connectivity index (χ3v) is 3.62. The summed E-state index contributed by atoms with van der Waals surface area (Å²) in [6, 6.07) is 11.8. The van der Waals surface area contributed by atoms with E-state index in [9.17, 15) is 0 Å². The zero-order chi connectivity index (χ0) is 13.5. The molecule has 1 aromatic carbocycles. The van der Waals surface area contributed by atoms with Gasteiger partial charge in [0, 0.05) is 38.4 Å². The summed E-state index contributed by atoms with van der Waals surface area (Å²) in [7, 11) is 2.19. The number of nitrogens with zero attached hydrogens (tertiary/aromatic N) is 1. The van der Waals surface area contributed by atoms with Gasteiger partial charge in [-0.3, -0.25) is 0 Å².